The molecule has 0 aromatic heterocycles. The quantitative estimate of drug-likeness (QED) is 0.251. The molecule has 0 saturated carbocycles. The number of benzene rings is 2. The van der Waals surface area contributed by atoms with Gasteiger partial charge >= 0.3 is 12.1 Å². The van der Waals surface area contributed by atoms with Crippen LogP contribution in [0.25, 0.3) is 6.08 Å². The highest BCUT2D eigenvalue weighted by Crippen LogP contribution is 2.14. The summed E-state index contributed by atoms with van der Waals surface area (Å²) in [6, 6.07) is 16.6. The van der Waals surface area contributed by atoms with Gasteiger partial charge in [0.1, 0.15) is 6.61 Å². The Hall–Kier alpha value is -1.80. The molecule has 0 bridgehead atoms. The minimum Gasteiger partial charge on any atom is -0.429 e. The summed E-state index contributed by atoms with van der Waals surface area (Å²) in [6.07, 6.45) is 0.466. The Morgan fingerprint density at radius 2 is 1.70 bits per heavy atom. The van der Waals surface area contributed by atoms with E-state index in [1.807, 2.05) is 42.5 Å². The van der Waals surface area contributed by atoms with E-state index in [1.165, 1.54) is 6.08 Å². The van der Waals surface area contributed by atoms with Crippen LogP contribution < -0.4 is 0 Å². The molecule has 0 aliphatic heterocycles. The van der Waals surface area contributed by atoms with E-state index in [0.29, 0.717) is 0 Å². The Morgan fingerprint density at radius 1 is 1.04 bits per heavy atom. The van der Waals surface area contributed by atoms with E-state index in [-0.39, 0.29) is 11.5 Å². The van der Waals surface area contributed by atoms with E-state index in [0.717, 1.165) is 14.7 Å². The maximum absolute atomic E-state index is 11.8. The third-order valence-electron chi connectivity index (χ3n) is 2.76. The van der Waals surface area contributed by atoms with Gasteiger partial charge in [-0.1, -0.05) is 42.5 Å². The van der Waals surface area contributed by atoms with Crippen molar-refractivity contribution in [2.75, 3.05) is 0 Å². The van der Waals surface area contributed by atoms with Crippen LogP contribution in [0.4, 0.5) is 4.79 Å². The first kappa shape index (κ1) is 17.6. The Labute approximate surface area is 153 Å². The van der Waals surface area contributed by atoms with Crippen molar-refractivity contribution in [2.24, 2.45) is 0 Å². The molecule has 118 valence electrons. The summed E-state index contributed by atoms with van der Waals surface area (Å²) in [5.74, 6) is -0.857. The molecule has 0 amide bonds. The lowest BCUT2D eigenvalue weighted by molar-refractivity contribution is -0.134. The Balaban J connectivity index is 1.87. The zero-order valence-corrected chi connectivity index (χ0v) is 15.0. The molecule has 0 atom stereocenters. The topological polar surface area (TPSA) is 52.6 Å². The number of carbonyl (C=O) groups excluding carboxylic acids is 2. The largest absolute Gasteiger partial charge is 0.516 e. The molecule has 2 aromatic rings. The number of esters is 1. The van der Waals surface area contributed by atoms with Gasteiger partial charge in [-0.3, -0.25) is 0 Å². The summed E-state index contributed by atoms with van der Waals surface area (Å²) in [6.45, 7) is 0.0374. The van der Waals surface area contributed by atoms with E-state index < -0.39 is 12.1 Å². The molecule has 23 heavy (non-hydrogen) atoms. The molecule has 0 radical (unpaired) electrons. The zero-order valence-electron chi connectivity index (χ0n) is 11.9. The number of halogens is 1. The van der Waals surface area contributed by atoms with Crippen LogP contribution in [0.1, 0.15) is 11.1 Å². The van der Waals surface area contributed by atoms with Gasteiger partial charge in [0.25, 0.3) is 0 Å². The van der Waals surface area contributed by atoms with Gasteiger partial charge in [0, 0.05) is 3.57 Å². The van der Waals surface area contributed by atoms with Gasteiger partial charge in [0.2, 0.25) is 0 Å². The van der Waals surface area contributed by atoms with Gasteiger partial charge in [0.05, 0.1) is 4.91 Å². The molecule has 0 unspecified atom stereocenters. The van der Waals surface area contributed by atoms with Crippen molar-refractivity contribution in [3.8, 4) is 0 Å². The summed E-state index contributed by atoms with van der Waals surface area (Å²) in [5.41, 5.74) is 1.59. The van der Waals surface area contributed by atoms with Crippen LogP contribution in [-0.4, -0.2) is 12.1 Å². The molecule has 2 aromatic carbocycles. The summed E-state index contributed by atoms with van der Waals surface area (Å²) >= 11 is 6.23. The second-order valence-electron chi connectivity index (χ2n) is 4.49. The number of hydrogen-bond acceptors (Lipinski definition) is 5. The molecule has 0 N–H and O–H groups in total. The van der Waals surface area contributed by atoms with E-state index in [2.05, 4.69) is 40.0 Å². The molecule has 0 aliphatic rings. The average Bonchev–Trinajstić information content (AvgIpc) is 2.56. The van der Waals surface area contributed by atoms with Gasteiger partial charge in [-0.25, -0.2) is 9.59 Å². The highest BCUT2D eigenvalue weighted by Gasteiger charge is 2.14. The fourth-order valence-electron chi connectivity index (χ4n) is 1.65. The molecule has 0 spiro atoms. The smallest absolute Gasteiger partial charge is 0.429 e. The van der Waals surface area contributed by atoms with Crippen molar-refractivity contribution in [1.29, 1.82) is 0 Å². The minimum atomic E-state index is -1.05. The standard InChI is InChI=1S/C17H13IO4S/c18-14-8-6-12(7-9-14)10-15(23)16(19)22-17(20)21-11-13-4-2-1-3-5-13/h1-10,23H,11H2. The van der Waals surface area contributed by atoms with Crippen molar-refractivity contribution in [2.45, 2.75) is 6.61 Å². The van der Waals surface area contributed by atoms with E-state index in [4.69, 9.17) is 4.74 Å². The maximum Gasteiger partial charge on any atom is 0.516 e. The minimum absolute atomic E-state index is 0.0165. The van der Waals surface area contributed by atoms with Crippen LogP contribution in [0.2, 0.25) is 0 Å². The van der Waals surface area contributed by atoms with Gasteiger partial charge in [-0.2, -0.15) is 0 Å². The van der Waals surface area contributed by atoms with Crippen molar-refractivity contribution >= 4 is 53.4 Å². The van der Waals surface area contributed by atoms with Crippen LogP contribution >= 0.6 is 35.2 Å². The van der Waals surface area contributed by atoms with E-state index in [9.17, 15) is 9.59 Å². The second kappa shape index (κ2) is 8.73. The van der Waals surface area contributed by atoms with Crippen LogP contribution in [0.3, 0.4) is 0 Å². The Bertz CT molecular complexity index is 711. The highest BCUT2D eigenvalue weighted by atomic mass is 127. The fourth-order valence-corrected chi connectivity index (χ4v) is 2.20. The molecule has 4 nitrogen and oxygen atoms in total. The lowest BCUT2D eigenvalue weighted by Gasteiger charge is -2.05. The van der Waals surface area contributed by atoms with Crippen molar-refractivity contribution < 1.29 is 19.1 Å². The average molecular weight is 440 g/mol. The van der Waals surface area contributed by atoms with E-state index in [1.54, 1.807) is 12.1 Å². The van der Waals surface area contributed by atoms with Crippen LogP contribution in [0.5, 0.6) is 0 Å². The Morgan fingerprint density at radius 3 is 2.35 bits per heavy atom. The molecule has 0 fully saturated rings. The third-order valence-corrected chi connectivity index (χ3v) is 3.79. The lowest BCUT2D eigenvalue weighted by Crippen LogP contribution is -2.13. The van der Waals surface area contributed by atoms with Crippen molar-refractivity contribution in [3.63, 3.8) is 0 Å². The van der Waals surface area contributed by atoms with Gasteiger partial charge in [-0.05, 0) is 51.9 Å². The SMILES string of the molecule is O=C(OCc1ccccc1)OC(=O)C(S)=Cc1ccc(I)cc1. The molecule has 0 saturated heterocycles. The normalized spacial score (nSPS) is 11.0. The first-order valence-electron chi connectivity index (χ1n) is 6.63. The molecule has 0 heterocycles. The Kier molecular flexibility index (Phi) is 6.66. The zero-order chi connectivity index (χ0) is 16.7. The number of rotatable bonds is 4. The predicted octanol–water partition coefficient (Wildman–Crippen LogP) is 4.44. The number of ether oxygens (including phenoxy) is 2. The molecule has 6 heteroatoms. The number of carbonyl (C=O) groups is 2. The van der Waals surface area contributed by atoms with Crippen LogP contribution in [0, 0.1) is 3.57 Å². The fraction of sp³-hybridized carbons (Fsp3) is 0.0588. The van der Waals surface area contributed by atoms with Crippen LogP contribution in [0.15, 0.2) is 59.5 Å². The molecular formula is C17H13IO4S. The summed E-state index contributed by atoms with van der Waals surface area (Å²) in [7, 11) is 0. The van der Waals surface area contributed by atoms with Crippen LogP contribution in [-0.2, 0) is 20.9 Å². The first-order valence-corrected chi connectivity index (χ1v) is 8.16. The molecule has 0 aliphatic carbocycles. The molecule has 2 rings (SSSR count). The summed E-state index contributed by atoms with van der Waals surface area (Å²) in [5, 5.41) is 0. The summed E-state index contributed by atoms with van der Waals surface area (Å²) in [4.78, 5) is 23.3. The highest BCUT2D eigenvalue weighted by molar-refractivity contribution is 14.1. The van der Waals surface area contributed by atoms with Crippen molar-refractivity contribution in [1.82, 2.24) is 0 Å². The first-order chi connectivity index (χ1) is 11.0. The van der Waals surface area contributed by atoms with Gasteiger partial charge < -0.3 is 9.47 Å². The second-order valence-corrected chi connectivity index (χ2v) is 6.22. The number of hydrogen-bond donors (Lipinski definition) is 1. The third kappa shape index (κ3) is 6.07. The van der Waals surface area contributed by atoms with Gasteiger partial charge in [0.15, 0.2) is 0 Å². The maximum atomic E-state index is 11.8. The monoisotopic (exact) mass is 440 g/mol. The molecular weight excluding hydrogens is 427 g/mol. The van der Waals surface area contributed by atoms with Gasteiger partial charge in [-0.15, -0.1) is 12.6 Å². The predicted molar refractivity (Wildman–Crippen MR) is 98.8 cm³/mol. The lowest BCUT2D eigenvalue weighted by atomic mass is 10.2. The number of thiol groups is 1. The summed E-state index contributed by atoms with van der Waals surface area (Å²) < 4.78 is 10.5. The van der Waals surface area contributed by atoms with Crippen molar-refractivity contribution in [3.05, 3.63) is 74.2 Å². The van der Waals surface area contributed by atoms with E-state index >= 15 is 0 Å².